The Labute approximate surface area is 155 Å². The predicted octanol–water partition coefficient (Wildman–Crippen LogP) is 4.77. The van der Waals surface area contributed by atoms with Crippen molar-refractivity contribution in [3.05, 3.63) is 56.1 Å². The first-order valence-corrected chi connectivity index (χ1v) is 8.36. The molecule has 1 heterocycles. The Morgan fingerprint density at radius 2 is 2.00 bits per heavy atom. The summed E-state index contributed by atoms with van der Waals surface area (Å²) < 4.78 is 5.88. The van der Waals surface area contributed by atoms with Crippen LogP contribution in [0, 0.1) is 10.1 Å². The number of ether oxygens (including phenoxy) is 1. The fourth-order valence-corrected chi connectivity index (χ4v) is 3.49. The van der Waals surface area contributed by atoms with E-state index >= 15 is 0 Å². The summed E-state index contributed by atoms with van der Waals surface area (Å²) in [6.07, 6.45) is 0. The summed E-state index contributed by atoms with van der Waals surface area (Å²) in [5.41, 5.74) is 0.261. The summed E-state index contributed by atoms with van der Waals surface area (Å²) in [4.78, 5) is 27.0. The lowest BCUT2D eigenvalue weighted by molar-refractivity contribution is -0.384. The number of carbonyl (C=O) groups is 1. The summed E-state index contributed by atoms with van der Waals surface area (Å²) in [5, 5.41) is 14.3. The van der Waals surface area contributed by atoms with Crippen LogP contribution in [0.2, 0.25) is 10.0 Å². The second kappa shape index (κ2) is 6.83. The molecule has 2 aromatic carbocycles. The zero-order valence-electron chi connectivity index (χ0n) is 12.6. The SMILES string of the molecule is COc1ccc(Cl)c2sc(NC(=O)c3cc([N+](=O)[O-])ccc3Cl)nc12. The van der Waals surface area contributed by atoms with Gasteiger partial charge in [0, 0.05) is 12.1 Å². The number of aromatic nitrogens is 1. The third-order valence-corrected chi connectivity index (χ3v) is 5.06. The number of nitro groups is 1. The van der Waals surface area contributed by atoms with Gasteiger partial charge in [-0.1, -0.05) is 34.5 Å². The van der Waals surface area contributed by atoms with E-state index in [0.717, 1.165) is 17.4 Å². The molecule has 0 saturated heterocycles. The number of fused-ring (bicyclic) bond motifs is 1. The minimum atomic E-state index is -0.608. The fraction of sp³-hybridized carbons (Fsp3) is 0.0667. The van der Waals surface area contributed by atoms with E-state index in [1.807, 2.05) is 0 Å². The van der Waals surface area contributed by atoms with Gasteiger partial charge >= 0.3 is 0 Å². The lowest BCUT2D eigenvalue weighted by Gasteiger charge is -2.03. The first kappa shape index (κ1) is 17.4. The molecule has 0 bridgehead atoms. The number of carbonyl (C=O) groups excluding carboxylic acids is 1. The number of nitrogens with zero attached hydrogens (tertiary/aromatic N) is 2. The molecule has 7 nitrogen and oxygen atoms in total. The summed E-state index contributed by atoms with van der Waals surface area (Å²) in [6.45, 7) is 0. The van der Waals surface area contributed by atoms with Crippen LogP contribution in [0.25, 0.3) is 10.2 Å². The number of methoxy groups -OCH3 is 1. The van der Waals surface area contributed by atoms with Crippen LogP contribution in [0.1, 0.15) is 10.4 Å². The first-order valence-electron chi connectivity index (χ1n) is 6.79. The molecule has 3 rings (SSSR count). The van der Waals surface area contributed by atoms with E-state index in [1.165, 1.54) is 19.2 Å². The fourth-order valence-electron chi connectivity index (χ4n) is 2.14. The monoisotopic (exact) mass is 397 g/mol. The number of thiazole rings is 1. The molecule has 0 atom stereocenters. The molecule has 128 valence electrons. The Balaban J connectivity index is 1.96. The number of nitrogens with one attached hydrogen (secondary N) is 1. The Kier molecular flexibility index (Phi) is 4.76. The van der Waals surface area contributed by atoms with Crippen molar-refractivity contribution in [2.45, 2.75) is 0 Å². The van der Waals surface area contributed by atoms with Crippen LogP contribution < -0.4 is 10.1 Å². The van der Waals surface area contributed by atoms with Crippen molar-refractivity contribution in [1.82, 2.24) is 4.98 Å². The van der Waals surface area contributed by atoms with E-state index < -0.39 is 10.8 Å². The number of rotatable bonds is 4. The number of halogens is 2. The van der Waals surface area contributed by atoms with Gasteiger partial charge in [0.1, 0.15) is 11.3 Å². The van der Waals surface area contributed by atoms with Crippen LogP contribution in [-0.2, 0) is 0 Å². The standard InChI is InChI=1S/C15H9Cl2N3O4S/c1-24-11-5-4-10(17)13-12(11)18-15(25-13)19-14(21)8-6-7(20(22)23)2-3-9(8)16/h2-6H,1H3,(H,18,19,21). The lowest BCUT2D eigenvalue weighted by Crippen LogP contribution is -2.12. The number of anilines is 1. The van der Waals surface area contributed by atoms with E-state index in [4.69, 9.17) is 27.9 Å². The molecule has 3 aromatic rings. The van der Waals surface area contributed by atoms with E-state index in [1.54, 1.807) is 12.1 Å². The molecule has 1 amide bonds. The van der Waals surface area contributed by atoms with Gasteiger partial charge in [-0.05, 0) is 18.2 Å². The Morgan fingerprint density at radius 3 is 2.68 bits per heavy atom. The molecule has 1 aromatic heterocycles. The molecule has 25 heavy (non-hydrogen) atoms. The van der Waals surface area contributed by atoms with E-state index in [-0.39, 0.29) is 21.4 Å². The van der Waals surface area contributed by atoms with E-state index in [9.17, 15) is 14.9 Å². The Bertz CT molecular complexity index is 1010. The van der Waals surface area contributed by atoms with Gasteiger partial charge in [0.25, 0.3) is 11.6 Å². The number of hydrogen-bond acceptors (Lipinski definition) is 6. The van der Waals surface area contributed by atoms with Crippen molar-refractivity contribution in [1.29, 1.82) is 0 Å². The molecule has 0 aliphatic heterocycles. The maximum atomic E-state index is 12.4. The third-order valence-electron chi connectivity index (χ3n) is 3.30. The summed E-state index contributed by atoms with van der Waals surface area (Å²) >= 11 is 13.3. The highest BCUT2D eigenvalue weighted by molar-refractivity contribution is 7.23. The topological polar surface area (TPSA) is 94.4 Å². The maximum Gasteiger partial charge on any atom is 0.270 e. The molecule has 0 spiro atoms. The van der Waals surface area contributed by atoms with Gasteiger partial charge in [0.15, 0.2) is 5.13 Å². The number of benzene rings is 2. The van der Waals surface area contributed by atoms with E-state index in [2.05, 4.69) is 10.3 Å². The largest absolute Gasteiger partial charge is 0.494 e. The minimum Gasteiger partial charge on any atom is -0.494 e. The van der Waals surface area contributed by atoms with Crippen molar-refractivity contribution >= 4 is 61.5 Å². The highest BCUT2D eigenvalue weighted by Crippen LogP contribution is 2.37. The first-order chi connectivity index (χ1) is 11.9. The van der Waals surface area contributed by atoms with Crippen molar-refractivity contribution in [2.24, 2.45) is 0 Å². The normalized spacial score (nSPS) is 10.7. The van der Waals surface area contributed by atoms with Crippen LogP contribution in [0.4, 0.5) is 10.8 Å². The number of non-ortho nitro benzene ring substituents is 1. The number of hydrogen-bond donors (Lipinski definition) is 1. The second-order valence-electron chi connectivity index (χ2n) is 4.82. The molecule has 0 unspecified atom stereocenters. The van der Waals surface area contributed by atoms with Gasteiger partial charge in [0.2, 0.25) is 0 Å². The average Bonchev–Trinajstić information content (AvgIpc) is 2.99. The quantitative estimate of drug-likeness (QED) is 0.505. The number of nitro benzene ring substituents is 1. The van der Waals surface area contributed by atoms with Gasteiger partial charge in [-0.25, -0.2) is 4.98 Å². The maximum absolute atomic E-state index is 12.4. The highest BCUT2D eigenvalue weighted by Gasteiger charge is 2.18. The second-order valence-corrected chi connectivity index (χ2v) is 6.64. The molecule has 10 heteroatoms. The summed E-state index contributed by atoms with van der Waals surface area (Å²) in [5.74, 6) is -0.0904. The lowest BCUT2D eigenvalue weighted by atomic mass is 10.2. The molecule has 0 radical (unpaired) electrons. The van der Waals surface area contributed by atoms with Crippen molar-refractivity contribution in [2.75, 3.05) is 12.4 Å². The van der Waals surface area contributed by atoms with Crippen LogP contribution >= 0.6 is 34.5 Å². The van der Waals surface area contributed by atoms with Crippen molar-refractivity contribution < 1.29 is 14.5 Å². The summed E-state index contributed by atoms with van der Waals surface area (Å²) in [7, 11) is 1.50. The van der Waals surface area contributed by atoms with E-state index in [0.29, 0.717) is 21.0 Å². The Morgan fingerprint density at radius 1 is 1.28 bits per heavy atom. The molecule has 0 fully saturated rings. The summed E-state index contributed by atoms with van der Waals surface area (Å²) in [6, 6.07) is 6.98. The van der Waals surface area contributed by atoms with Gasteiger partial charge in [-0.2, -0.15) is 0 Å². The molecule has 0 aliphatic rings. The van der Waals surface area contributed by atoms with Gasteiger partial charge in [-0.15, -0.1) is 0 Å². The minimum absolute atomic E-state index is 0.0202. The van der Waals surface area contributed by atoms with Crippen molar-refractivity contribution in [3.8, 4) is 5.75 Å². The van der Waals surface area contributed by atoms with Gasteiger partial charge in [0.05, 0.1) is 32.3 Å². The predicted molar refractivity (Wildman–Crippen MR) is 97.2 cm³/mol. The smallest absolute Gasteiger partial charge is 0.270 e. The molecule has 0 aliphatic carbocycles. The highest BCUT2D eigenvalue weighted by atomic mass is 35.5. The Hall–Kier alpha value is -2.42. The zero-order chi connectivity index (χ0) is 18.1. The average molecular weight is 398 g/mol. The van der Waals surface area contributed by atoms with Crippen LogP contribution in [-0.4, -0.2) is 22.9 Å². The van der Waals surface area contributed by atoms with Gasteiger partial charge < -0.3 is 4.74 Å². The molecular formula is C15H9Cl2N3O4S. The molecule has 0 saturated carbocycles. The van der Waals surface area contributed by atoms with Crippen LogP contribution in [0.5, 0.6) is 5.75 Å². The number of amides is 1. The zero-order valence-corrected chi connectivity index (χ0v) is 14.9. The molecule has 1 N–H and O–H groups in total. The van der Waals surface area contributed by atoms with Crippen molar-refractivity contribution in [3.63, 3.8) is 0 Å². The third kappa shape index (κ3) is 3.37. The van der Waals surface area contributed by atoms with Crippen LogP contribution in [0.3, 0.4) is 0 Å². The van der Waals surface area contributed by atoms with Gasteiger partial charge in [-0.3, -0.25) is 20.2 Å². The van der Waals surface area contributed by atoms with Crippen LogP contribution in [0.15, 0.2) is 30.3 Å². The molecular weight excluding hydrogens is 389 g/mol.